The zero-order chi connectivity index (χ0) is 18.0. The predicted molar refractivity (Wildman–Crippen MR) is 68.5 cm³/mol. The summed E-state index contributed by atoms with van der Waals surface area (Å²) in [6.45, 7) is 2.98. The van der Waals surface area contributed by atoms with Gasteiger partial charge in [-0.3, -0.25) is 9.59 Å². The molecule has 4 N–H and O–H groups in total. The van der Waals surface area contributed by atoms with Gasteiger partial charge in [0.25, 0.3) is 11.8 Å². The average molecular weight is 332 g/mol. The number of alkyl halides is 4. The molecule has 0 atom stereocenters. The van der Waals surface area contributed by atoms with Crippen LogP contribution in [0.1, 0.15) is 27.7 Å². The quantitative estimate of drug-likeness (QED) is 0.495. The molecule has 0 aliphatic carbocycles. The van der Waals surface area contributed by atoms with Crippen molar-refractivity contribution in [2.45, 2.75) is 50.6 Å². The van der Waals surface area contributed by atoms with Crippen LogP contribution in [0.5, 0.6) is 0 Å². The molecule has 0 rings (SSSR count). The fourth-order valence-corrected chi connectivity index (χ4v) is 1.14. The Balaban J connectivity index is 5.31. The van der Waals surface area contributed by atoms with E-state index in [0.717, 1.165) is 27.7 Å². The first kappa shape index (κ1) is 20.6. The second kappa shape index (κ2) is 6.37. The molecular weight excluding hydrogens is 312 g/mol. The number of nitrogens with one attached hydrogen (secondary N) is 2. The first-order valence-corrected chi connectivity index (χ1v) is 6.25. The van der Waals surface area contributed by atoms with Crippen LogP contribution >= 0.6 is 0 Å². The molecule has 0 heterocycles. The van der Waals surface area contributed by atoms with Crippen LogP contribution in [0.4, 0.5) is 17.6 Å². The van der Waals surface area contributed by atoms with Crippen LogP contribution in [0.2, 0.25) is 0 Å². The topological polar surface area (TPSA) is 98.7 Å². The monoisotopic (exact) mass is 332 g/mol. The summed E-state index contributed by atoms with van der Waals surface area (Å²) < 4.78 is 54.5. The molecule has 0 aromatic heterocycles. The summed E-state index contributed by atoms with van der Waals surface area (Å²) in [7, 11) is 0. The van der Waals surface area contributed by atoms with Crippen molar-refractivity contribution < 1.29 is 37.4 Å². The van der Waals surface area contributed by atoms with E-state index < -0.39 is 48.0 Å². The van der Waals surface area contributed by atoms with Crippen molar-refractivity contribution in [1.29, 1.82) is 0 Å². The minimum absolute atomic E-state index is 0.774. The number of aliphatic hydroxyl groups is 2. The molecule has 6 nitrogen and oxygen atoms in total. The molecule has 0 aliphatic rings. The summed E-state index contributed by atoms with van der Waals surface area (Å²) in [6.07, 6.45) is 0. The average Bonchev–Trinajstić information content (AvgIpc) is 2.37. The molecule has 130 valence electrons. The van der Waals surface area contributed by atoms with Gasteiger partial charge in [0.15, 0.2) is 0 Å². The first-order valence-electron chi connectivity index (χ1n) is 6.25. The normalized spacial score (nSPS) is 13.7. The van der Waals surface area contributed by atoms with Crippen LogP contribution in [-0.4, -0.2) is 58.2 Å². The third kappa shape index (κ3) is 4.54. The molecule has 0 radical (unpaired) electrons. The van der Waals surface area contributed by atoms with Crippen molar-refractivity contribution in [2.24, 2.45) is 0 Å². The highest BCUT2D eigenvalue weighted by Gasteiger charge is 2.67. The summed E-state index contributed by atoms with van der Waals surface area (Å²) in [5.41, 5.74) is -3.14. The number of hydrogen-bond acceptors (Lipinski definition) is 4. The fraction of sp³-hybridized carbons (Fsp3) is 0.833. The van der Waals surface area contributed by atoms with Crippen LogP contribution in [0, 0.1) is 0 Å². The van der Waals surface area contributed by atoms with Gasteiger partial charge in [-0.25, -0.2) is 0 Å². The van der Waals surface area contributed by atoms with E-state index in [9.17, 15) is 27.2 Å². The van der Waals surface area contributed by atoms with E-state index in [-0.39, 0.29) is 0 Å². The smallest absolute Gasteiger partial charge is 0.394 e. The Morgan fingerprint density at radius 1 is 0.773 bits per heavy atom. The summed E-state index contributed by atoms with van der Waals surface area (Å²) >= 11 is 0. The molecule has 0 aromatic rings. The lowest BCUT2D eigenvalue weighted by Crippen LogP contribution is -2.64. The van der Waals surface area contributed by atoms with E-state index in [1.54, 1.807) is 0 Å². The van der Waals surface area contributed by atoms with Crippen LogP contribution in [0.25, 0.3) is 0 Å². The summed E-state index contributed by atoms with van der Waals surface area (Å²) in [4.78, 5) is 22.7. The van der Waals surface area contributed by atoms with Crippen molar-refractivity contribution in [3.63, 3.8) is 0 Å². The lowest BCUT2D eigenvalue weighted by atomic mass is 10.0. The molecule has 0 unspecified atom stereocenters. The van der Waals surface area contributed by atoms with E-state index in [0.29, 0.717) is 0 Å². The van der Waals surface area contributed by atoms with Crippen LogP contribution in [0.3, 0.4) is 0 Å². The number of aliphatic hydroxyl groups excluding tert-OH is 2. The molecule has 10 heteroatoms. The second-order valence-electron chi connectivity index (χ2n) is 6.14. The zero-order valence-electron chi connectivity index (χ0n) is 12.6. The Morgan fingerprint density at radius 3 is 1.18 bits per heavy atom. The highest BCUT2D eigenvalue weighted by molar-refractivity contribution is 5.95. The van der Waals surface area contributed by atoms with Crippen molar-refractivity contribution in [3.8, 4) is 0 Å². The van der Waals surface area contributed by atoms with Crippen LogP contribution in [-0.2, 0) is 9.59 Å². The third-order valence-corrected chi connectivity index (χ3v) is 2.66. The predicted octanol–water partition coefficient (Wildman–Crippen LogP) is 0.0312. The number of amides is 2. The number of hydrogen-bond donors (Lipinski definition) is 4. The Kier molecular flexibility index (Phi) is 5.96. The van der Waals surface area contributed by atoms with E-state index in [2.05, 4.69) is 0 Å². The van der Waals surface area contributed by atoms with Gasteiger partial charge in [-0.05, 0) is 27.7 Å². The maximum Gasteiger partial charge on any atom is 0.395 e. The summed E-state index contributed by atoms with van der Waals surface area (Å²) in [5, 5.41) is 20.8. The Labute approximate surface area is 124 Å². The minimum atomic E-state index is -5.34. The molecule has 0 aliphatic heterocycles. The number of carbonyl (C=O) groups is 2. The number of halogens is 4. The second-order valence-corrected chi connectivity index (χ2v) is 6.14. The maximum absolute atomic E-state index is 13.6. The third-order valence-electron chi connectivity index (χ3n) is 2.66. The Bertz CT molecular complexity index is 399. The molecule has 0 saturated heterocycles. The SMILES string of the molecule is CC(C)(CO)NC(=O)C(F)(F)C(F)(F)C(=O)NC(C)(C)CO. The van der Waals surface area contributed by atoms with E-state index in [1.807, 2.05) is 0 Å². The number of carbonyl (C=O) groups excluding carboxylic acids is 2. The van der Waals surface area contributed by atoms with Crippen molar-refractivity contribution in [3.05, 3.63) is 0 Å². The van der Waals surface area contributed by atoms with Gasteiger partial charge in [0.1, 0.15) is 0 Å². The number of rotatable bonds is 7. The molecular formula is C12H20F4N2O4. The van der Waals surface area contributed by atoms with Crippen molar-refractivity contribution >= 4 is 11.8 Å². The fourth-order valence-electron chi connectivity index (χ4n) is 1.14. The summed E-state index contributed by atoms with van der Waals surface area (Å²) in [5.74, 6) is -15.5. The molecule has 0 fully saturated rings. The lowest BCUT2D eigenvalue weighted by molar-refractivity contribution is -0.213. The Hall–Kier alpha value is -1.42. The van der Waals surface area contributed by atoms with Crippen molar-refractivity contribution in [1.82, 2.24) is 10.6 Å². The van der Waals surface area contributed by atoms with Crippen LogP contribution < -0.4 is 10.6 Å². The molecule has 2 amide bonds. The largest absolute Gasteiger partial charge is 0.395 e. The van der Waals surface area contributed by atoms with Gasteiger partial charge in [0, 0.05) is 0 Å². The van der Waals surface area contributed by atoms with Gasteiger partial charge < -0.3 is 20.8 Å². The van der Waals surface area contributed by atoms with E-state index in [4.69, 9.17) is 10.2 Å². The molecule has 22 heavy (non-hydrogen) atoms. The van der Waals surface area contributed by atoms with E-state index in [1.165, 1.54) is 10.6 Å². The molecule has 0 bridgehead atoms. The summed E-state index contributed by atoms with van der Waals surface area (Å²) in [6, 6.07) is 0. The lowest BCUT2D eigenvalue weighted by Gasteiger charge is -2.32. The van der Waals surface area contributed by atoms with Gasteiger partial charge in [-0.2, -0.15) is 17.6 Å². The maximum atomic E-state index is 13.6. The van der Waals surface area contributed by atoms with Gasteiger partial charge in [-0.15, -0.1) is 0 Å². The minimum Gasteiger partial charge on any atom is -0.394 e. The highest BCUT2D eigenvalue weighted by Crippen LogP contribution is 2.35. The van der Waals surface area contributed by atoms with Gasteiger partial charge in [0.05, 0.1) is 24.3 Å². The van der Waals surface area contributed by atoms with Gasteiger partial charge in [-0.1, -0.05) is 0 Å². The standard InChI is InChI=1S/C12H20F4N2O4/c1-9(2,5-19)17-7(21)11(13,14)12(15,16)8(22)18-10(3,4)6-20/h19-20H,5-6H2,1-4H3,(H,17,21)(H,18,22). The molecule has 0 aromatic carbocycles. The molecule has 0 spiro atoms. The van der Waals surface area contributed by atoms with Crippen molar-refractivity contribution in [2.75, 3.05) is 13.2 Å². The van der Waals surface area contributed by atoms with Gasteiger partial charge >= 0.3 is 11.8 Å². The Morgan fingerprint density at radius 2 is 1.00 bits per heavy atom. The highest BCUT2D eigenvalue weighted by atomic mass is 19.3. The first-order chi connectivity index (χ1) is 9.63. The molecule has 0 saturated carbocycles. The van der Waals surface area contributed by atoms with Gasteiger partial charge in [0.2, 0.25) is 0 Å². The van der Waals surface area contributed by atoms with Crippen LogP contribution in [0.15, 0.2) is 0 Å². The van der Waals surface area contributed by atoms with E-state index >= 15 is 0 Å². The zero-order valence-corrected chi connectivity index (χ0v) is 12.6.